The van der Waals surface area contributed by atoms with Gasteiger partial charge in [0, 0.05) is 24.3 Å². The van der Waals surface area contributed by atoms with Crippen molar-refractivity contribution in [2.75, 3.05) is 31.6 Å². The number of sulfonamides is 1. The van der Waals surface area contributed by atoms with Crippen molar-refractivity contribution < 1.29 is 22.4 Å². The summed E-state index contributed by atoms with van der Waals surface area (Å²) in [6.07, 6.45) is 0. The van der Waals surface area contributed by atoms with Crippen LogP contribution < -0.4 is 5.32 Å². The molecule has 0 radical (unpaired) electrons. The molecule has 2 heterocycles. The lowest BCUT2D eigenvalue weighted by atomic mass is 10.2. The van der Waals surface area contributed by atoms with Crippen LogP contribution >= 0.6 is 11.8 Å². The number of nitrogens with zero attached hydrogens (tertiary/aromatic N) is 3. The number of hydrogen-bond donors (Lipinski definition) is 1. The number of morpholine rings is 1. The van der Waals surface area contributed by atoms with Crippen LogP contribution in [0, 0.1) is 0 Å². The molecule has 1 unspecified atom stereocenters. The maximum atomic E-state index is 12.7. The van der Waals surface area contributed by atoms with E-state index in [-0.39, 0.29) is 10.8 Å². The molecule has 9 nitrogen and oxygen atoms in total. The number of thioether (sulfide) groups is 1. The fourth-order valence-electron chi connectivity index (χ4n) is 3.05. The first-order valence-electron chi connectivity index (χ1n) is 9.98. The smallest absolute Gasteiger partial charge is 0.277 e. The van der Waals surface area contributed by atoms with Gasteiger partial charge in [-0.05, 0) is 43.3 Å². The Hall–Kier alpha value is -2.73. The van der Waals surface area contributed by atoms with Gasteiger partial charge in [0.2, 0.25) is 21.8 Å². The SMILES string of the molecule is CC(Sc1nnc(-c2ccccc2)o1)C(=O)Nc1ccc(S(=O)(=O)N2CCOCC2)cc1. The number of rotatable bonds is 7. The summed E-state index contributed by atoms with van der Waals surface area (Å²) in [6, 6.07) is 15.5. The van der Waals surface area contributed by atoms with Crippen LogP contribution in [-0.2, 0) is 19.6 Å². The van der Waals surface area contributed by atoms with Gasteiger partial charge in [0.05, 0.1) is 23.4 Å². The third kappa shape index (κ3) is 5.18. The summed E-state index contributed by atoms with van der Waals surface area (Å²) in [5.41, 5.74) is 1.30. The minimum atomic E-state index is -3.58. The van der Waals surface area contributed by atoms with Gasteiger partial charge in [0.15, 0.2) is 0 Å². The molecule has 1 fully saturated rings. The maximum absolute atomic E-state index is 12.7. The highest BCUT2D eigenvalue weighted by Gasteiger charge is 2.26. The van der Waals surface area contributed by atoms with Crippen molar-refractivity contribution in [2.45, 2.75) is 22.3 Å². The quantitative estimate of drug-likeness (QED) is 0.520. The van der Waals surface area contributed by atoms with E-state index < -0.39 is 15.3 Å². The Kier molecular flexibility index (Phi) is 6.89. The number of anilines is 1. The molecule has 1 aliphatic rings. The van der Waals surface area contributed by atoms with Gasteiger partial charge in [-0.15, -0.1) is 10.2 Å². The first-order valence-corrected chi connectivity index (χ1v) is 12.3. The third-order valence-electron chi connectivity index (χ3n) is 4.80. The summed E-state index contributed by atoms with van der Waals surface area (Å²) in [4.78, 5) is 12.7. The molecule has 1 N–H and O–H groups in total. The zero-order chi connectivity index (χ0) is 22.6. The summed E-state index contributed by atoms with van der Waals surface area (Å²) >= 11 is 1.15. The summed E-state index contributed by atoms with van der Waals surface area (Å²) in [7, 11) is -3.58. The number of amides is 1. The highest BCUT2D eigenvalue weighted by molar-refractivity contribution is 8.00. The van der Waals surface area contributed by atoms with E-state index in [1.807, 2.05) is 30.3 Å². The van der Waals surface area contributed by atoms with Crippen molar-refractivity contribution in [3.8, 4) is 11.5 Å². The third-order valence-corrected chi connectivity index (χ3v) is 7.65. The van der Waals surface area contributed by atoms with Crippen LogP contribution in [0.5, 0.6) is 0 Å². The lowest BCUT2D eigenvalue weighted by molar-refractivity contribution is -0.115. The number of hydrogen-bond acceptors (Lipinski definition) is 8. The van der Waals surface area contributed by atoms with Crippen LogP contribution in [0.1, 0.15) is 6.92 Å². The molecular weight excluding hydrogens is 452 g/mol. The van der Waals surface area contributed by atoms with Gasteiger partial charge < -0.3 is 14.5 Å². The zero-order valence-electron chi connectivity index (χ0n) is 17.3. The van der Waals surface area contributed by atoms with Gasteiger partial charge in [-0.2, -0.15) is 4.31 Å². The Balaban J connectivity index is 1.36. The van der Waals surface area contributed by atoms with Crippen molar-refractivity contribution in [1.29, 1.82) is 0 Å². The van der Waals surface area contributed by atoms with Crippen LogP contribution in [0.2, 0.25) is 0 Å². The molecule has 1 aliphatic heterocycles. The number of ether oxygens (including phenoxy) is 1. The molecule has 0 bridgehead atoms. The molecule has 0 saturated carbocycles. The second-order valence-corrected chi connectivity index (χ2v) is 10.3. The van der Waals surface area contributed by atoms with Gasteiger partial charge in [0.1, 0.15) is 0 Å². The standard InChI is InChI=1S/C21H22N4O5S2/c1-15(31-21-24-23-20(30-21)16-5-3-2-4-6-16)19(26)22-17-7-9-18(10-8-17)32(27,28)25-11-13-29-14-12-25/h2-10,15H,11-14H2,1H3,(H,22,26). The van der Waals surface area contributed by atoms with Gasteiger partial charge in [0.25, 0.3) is 5.22 Å². The van der Waals surface area contributed by atoms with Crippen LogP contribution in [0.3, 0.4) is 0 Å². The zero-order valence-corrected chi connectivity index (χ0v) is 18.9. The van der Waals surface area contributed by atoms with Crippen LogP contribution in [-0.4, -0.2) is 60.4 Å². The molecule has 0 spiro atoms. The lowest BCUT2D eigenvalue weighted by Crippen LogP contribution is -2.40. The predicted molar refractivity (Wildman–Crippen MR) is 120 cm³/mol. The number of carbonyl (C=O) groups excluding carboxylic acids is 1. The van der Waals surface area contributed by atoms with Crippen LogP contribution in [0.15, 0.2) is 69.1 Å². The highest BCUT2D eigenvalue weighted by Crippen LogP contribution is 2.27. The molecule has 1 aromatic heterocycles. The van der Waals surface area contributed by atoms with E-state index in [9.17, 15) is 13.2 Å². The first-order chi connectivity index (χ1) is 15.4. The second kappa shape index (κ2) is 9.82. The number of nitrogens with one attached hydrogen (secondary N) is 1. The molecule has 11 heteroatoms. The van der Waals surface area contributed by atoms with E-state index in [4.69, 9.17) is 9.15 Å². The van der Waals surface area contributed by atoms with Gasteiger partial charge >= 0.3 is 0 Å². The van der Waals surface area contributed by atoms with Crippen molar-refractivity contribution in [1.82, 2.24) is 14.5 Å². The van der Waals surface area contributed by atoms with E-state index in [2.05, 4.69) is 15.5 Å². The molecule has 1 atom stereocenters. The van der Waals surface area contributed by atoms with Crippen molar-refractivity contribution in [2.24, 2.45) is 0 Å². The monoisotopic (exact) mass is 474 g/mol. The molecule has 1 amide bonds. The summed E-state index contributed by atoms with van der Waals surface area (Å²) < 4.78 is 37.6. The number of aromatic nitrogens is 2. The largest absolute Gasteiger partial charge is 0.411 e. The van der Waals surface area contributed by atoms with E-state index in [0.29, 0.717) is 43.1 Å². The molecule has 0 aliphatic carbocycles. The summed E-state index contributed by atoms with van der Waals surface area (Å²) in [6.45, 7) is 3.16. The molecule has 2 aromatic carbocycles. The number of carbonyl (C=O) groups is 1. The molecule has 168 valence electrons. The van der Waals surface area contributed by atoms with E-state index in [1.54, 1.807) is 19.1 Å². The minimum absolute atomic E-state index is 0.180. The van der Waals surface area contributed by atoms with Crippen LogP contribution in [0.25, 0.3) is 11.5 Å². The fourth-order valence-corrected chi connectivity index (χ4v) is 5.14. The second-order valence-electron chi connectivity index (χ2n) is 7.03. The molecule has 3 aromatic rings. The average molecular weight is 475 g/mol. The molecule has 4 rings (SSSR count). The normalized spacial score (nSPS) is 15.9. The van der Waals surface area contributed by atoms with Crippen molar-refractivity contribution in [3.05, 3.63) is 54.6 Å². The summed E-state index contributed by atoms with van der Waals surface area (Å²) in [5.74, 6) is 0.121. The van der Waals surface area contributed by atoms with Gasteiger partial charge in [-0.25, -0.2) is 8.42 Å². The van der Waals surface area contributed by atoms with E-state index in [0.717, 1.165) is 17.3 Å². The fraction of sp³-hybridized carbons (Fsp3) is 0.286. The van der Waals surface area contributed by atoms with E-state index in [1.165, 1.54) is 16.4 Å². The van der Waals surface area contributed by atoms with Gasteiger partial charge in [-0.1, -0.05) is 30.0 Å². The highest BCUT2D eigenvalue weighted by atomic mass is 32.2. The average Bonchev–Trinajstić information content (AvgIpc) is 3.29. The molecular formula is C21H22N4O5S2. The Morgan fingerprint density at radius 3 is 2.44 bits per heavy atom. The Morgan fingerprint density at radius 1 is 1.06 bits per heavy atom. The predicted octanol–water partition coefficient (Wildman–Crippen LogP) is 2.88. The van der Waals surface area contributed by atoms with Gasteiger partial charge in [-0.3, -0.25) is 4.79 Å². The number of benzene rings is 2. The molecule has 1 saturated heterocycles. The minimum Gasteiger partial charge on any atom is -0.411 e. The maximum Gasteiger partial charge on any atom is 0.277 e. The topological polar surface area (TPSA) is 115 Å². The van der Waals surface area contributed by atoms with Crippen molar-refractivity contribution >= 4 is 33.4 Å². The Labute approximate surface area is 190 Å². The first kappa shape index (κ1) is 22.5. The van der Waals surface area contributed by atoms with Crippen molar-refractivity contribution in [3.63, 3.8) is 0 Å². The Morgan fingerprint density at radius 2 is 1.75 bits per heavy atom. The van der Waals surface area contributed by atoms with E-state index >= 15 is 0 Å². The lowest BCUT2D eigenvalue weighted by Gasteiger charge is -2.26. The molecule has 32 heavy (non-hydrogen) atoms. The Bertz CT molecular complexity index is 1160. The van der Waals surface area contributed by atoms with Crippen LogP contribution in [0.4, 0.5) is 5.69 Å². The summed E-state index contributed by atoms with van der Waals surface area (Å²) in [5, 5.41) is 10.6.